The van der Waals surface area contributed by atoms with Crippen LogP contribution in [0.5, 0.6) is 5.75 Å². The lowest BCUT2D eigenvalue weighted by atomic mass is 9.91. The fourth-order valence-corrected chi connectivity index (χ4v) is 3.55. The van der Waals surface area contributed by atoms with Gasteiger partial charge in [-0.15, -0.1) is 0 Å². The topological polar surface area (TPSA) is 32.6 Å². The zero-order chi connectivity index (χ0) is 14.7. The fourth-order valence-electron chi connectivity index (χ4n) is 3.55. The molecule has 0 aliphatic carbocycles. The van der Waals surface area contributed by atoms with Gasteiger partial charge < -0.3 is 5.11 Å². The number of aromatic hydroxyl groups is 1. The van der Waals surface area contributed by atoms with Gasteiger partial charge >= 0.3 is 0 Å². The molecule has 1 heterocycles. The molecule has 1 aliphatic heterocycles. The summed E-state index contributed by atoms with van der Waals surface area (Å²) in [4.78, 5) is 4.84. The summed E-state index contributed by atoms with van der Waals surface area (Å²) < 4.78 is 0. The van der Waals surface area contributed by atoms with Crippen LogP contribution >= 0.6 is 0 Å². The van der Waals surface area contributed by atoms with E-state index in [0.29, 0.717) is 5.75 Å². The fraction of sp³-hybridized carbons (Fsp3) is 0.0500. The van der Waals surface area contributed by atoms with E-state index < -0.39 is 0 Å². The molecule has 104 valence electrons. The average Bonchev–Trinajstić information content (AvgIpc) is 2.58. The van der Waals surface area contributed by atoms with Crippen LogP contribution in [0, 0.1) is 0 Å². The van der Waals surface area contributed by atoms with E-state index in [1.165, 1.54) is 5.56 Å². The molecule has 0 radical (unpaired) electrons. The predicted octanol–water partition coefficient (Wildman–Crippen LogP) is 4.27. The molecular weight excluding hydrogens is 270 g/mol. The van der Waals surface area contributed by atoms with Crippen molar-refractivity contribution in [2.24, 2.45) is 4.99 Å². The van der Waals surface area contributed by atoms with Gasteiger partial charge in [0.2, 0.25) is 0 Å². The molecule has 0 saturated carbocycles. The Morgan fingerprint density at radius 2 is 1.59 bits per heavy atom. The second-order valence-electron chi connectivity index (χ2n) is 5.80. The van der Waals surface area contributed by atoms with E-state index in [1.807, 2.05) is 30.3 Å². The first kappa shape index (κ1) is 11.8. The van der Waals surface area contributed by atoms with Crippen LogP contribution in [0.4, 0.5) is 5.69 Å². The van der Waals surface area contributed by atoms with E-state index >= 15 is 0 Å². The normalized spacial score (nSPS) is 12.9. The van der Waals surface area contributed by atoms with Gasteiger partial charge in [-0.05, 0) is 17.0 Å². The van der Waals surface area contributed by atoms with Crippen molar-refractivity contribution in [2.45, 2.75) is 6.42 Å². The molecule has 4 aromatic carbocycles. The second kappa shape index (κ2) is 4.08. The van der Waals surface area contributed by atoms with E-state index in [0.717, 1.165) is 44.6 Å². The molecule has 1 N–H and O–H groups in total. The molecule has 0 aromatic heterocycles. The maximum atomic E-state index is 10.8. The first-order valence-electron chi connectivity index (χ1n) is 7.44. The third kappa shape index (κ3) is 1.41. The molecule has 1 aliphatic rings. The maximum absolute atomic E-state index is 10.8. The maximum Gasteiger partial charge on any atom is 0.129 e. The Kier molecular flexibility index (Phi) is 2.18. The lowest BCUT2D eigenvalue weighted by Crippen LogP contribution is -2.16. The van der Waals surface area contributed by atoms with Gasteiger partial charge in [-0.25, -0.2) is 4.99 Å². The molecule has 4 aromatic rings. The number of benzene rings is 4. The molecule has 0 saturated heterocycles. The van der Waals surface area contributed by atoms with Gasteiger partial charge in [0.1, 0.15) is 5.75 Å². The highest BCUT2D eigenvalue weighted by molar-refractivity contribution is 6.12. The summed E-state index contributed by atoms with van der Waals surface area (Å²) in [5.41, 5.74) is 3.11. The highest BCUT2D eigenvalue weighted by Gasteiger charge is 2.19. The van der Waals surface area contributed by atoms with E-state index in [4.69, 9.17) is 4.99 Å². The van der Waals surface area contributed by atoms with Gasteiger partial charge in [0.05, 0.1) is 11.0 Å². The summed E-state index contributed by atoms with van der Waals surface area (Å²) in [6.07, 6.45) is 0.728. The van der Waals surface area contributed by atoms with Gasteiger partial charge in [0.15, 0.2) is 0 Å². The van der Waals surface area contributed by atoms with E-state index in [9.17, 15) is 5.11 Å². The van der Waals surface area contributed by atoms with Crippen molar-refractivity contribution in [1.82, 2.24) is 0 Å². The zero-order valence-corrected chi connectivity index (χ0v) is 11.9. The molecule has 2 nitrogen and oxygen atoms in total. The van der Waals surface area contributed by atoms with Crippen molar-refractivity contribution in [3.05, 3.63) is 77.1 Å². The molecule has 0 amide bonds. The zero-order valence-electron chi connectivity index (χ0n) is 11.9. The molecule has 0 spiro atoms. The van der Waals surface area contributed by atoms with Gasteiger partial charge in [0.25, 0.3) is 0 Å². The van der Waals surface area contributed by atoms with Gasteiger partial charge in [0, 0.05) is 28.1 Å². The number of phenols is 1. The SMILES string of the molecule is Oc1c2c(c3cccc4cccc1c43)=Nc1ccccc1C2. The smallest absolute Gasteiger partial charge is 0.129 e. The molecular formula is C20H13NO. The quantitative estimate of drug-likeness (QED) is 0.452. The third-order valence-electron chi connectivity index (χ3n) is 4.58. The van der Waals surface area contributed by atoms with Crippen molar-refractivity contribution in [1.29, 1.82) is 0 Å². The Labute approximate surface area is 127 Å². The monoisotopic (exact) mass is 283 g/mol. The highest BCUT2D eigenvalue weighted by Crippen LogP contribution is 2.36. The van der Waals surface area contributed by atoms with E-state index in [-0.39, 0.29) is 0 Å². The predicted molar refractivity (Wildman–Crippen MR) is 88.8 cm³/mol. The Hall–Kier alpha value is -2.87. The Morgan fingerprint density at radius 3 is 2.45 bits per heavy atom. The minimum Gasteiger partial charge on any atom is -0.507 e. The van der Waals surface area contributed by atoms with Gasteiger partial charge in [-0.2, -0.15) is 0 Å². The minimum absolute atomic E-state index is 0.373. The summed E-state index contributed by atoms with van der Waals surface area (Å²) in [6.45, 7) is 0. The third-order valence-corrected chi connectivity index (χ3v) is 4.58. The molecule has 0 bridgehead atoms. The van der Waals surface area contributed by atoms with Crippen LogP contribution in [0.3, 0.4) is 0 Å². The minimum atomic E-state index is 0.373. The number of nitrogens with zero attached hydrogens (tertiary/aromatic N) is 1. The summed E-state index contributed by atoms with van der Waals surface area (Å²) in [7, 11) is 0. The van der Waals surface area contributed by atoms with Crippen molar-refractivity contribution in [2.75, 3.05) is 0 Å². The van der Waals surface area contributed by atoms with Crippen molar-refractivity contribution in [3.8, 4) is 5.75 Å². The number of rotatable bonds is 0. The standard InChI is InChI=1S/C20H13NO/c22-20-15-9-4-7-12-6-3-8-14(18(12)15)19-16(20)11-13-5-1-2-10-17(13)21-19/h1-10,22H,11H2. The van der Waals surface area contributed by atoms with Crippen LogP contribution in [0.2, 0.25) is 0 Å². The van der Waals surface area contributed by atoms with E-state index in [2.05, 4.69) is 30.3 Å². The summed E-state index contributed by atoms with van der Waals surface area (Å²) >= 11 is 0. The number of hydrogen-bond donors (Lipinski definition) is 1. The number of phenolic OH excluding ortho intramolecular Hbond substituents is 1. The number of fused-ring (bicyclic) bond motifs is 3. The number of para-hydroxylation sites is 1. The average molecular weight is 283 g/mol. The Bertz CT molecular complexity index is 1110. The van der Waals surface area contributed by atoms with Crippen molar-refractivity contribution >= 4 is 27.2 Å². The van der Waals surface area contributed by atoms with Crippen LogP contribution in [0.15, 0.2) is 65.7 Å². The van der Waals surface area contributed by atoms with Gasteiger partial charge in [-0.1, -0.05) is 54.6 Å². The van der Waals surface area contributed by atoms with Crippen molar-refractivity contribution < 1.29 is 5.11 Å². The lowest BCUT2D eigenvalue weighted by Gasteiger charge is -2.17. The molecule has 2 heteroatoms. The lowest BCUT2D eigenvalue weighted by molar-refractivity contribution is 0.475. The molecule has 0 unspecified atom stereocenters. The van der Waals surface area contributed by atoms with Crippen LogP contribution in [-0.4, -0.2) is 5.11 Å². The van der Waals surface area contributed by atoms with E-state index in [1.54, 1.807) is 0 Å². The highest BCUT2D eigenvalue weighted by atomic mass is 16.3. The molecule has 0 atom stereocenters. The van der Waals surface area contributed by atoms with Crippen LogP contribution < -0.4 is 5.36 Å². The first-order chi connectivity index (χ1) is 10.8. The number of hydrogen-bond acceptors (Lipinski definition) is 2. The van der Waals surface area contributed by atoms with Crippen LogP contribution in [-0.2, 0) is 6.42 Å². The first-order valence-corrected chi connectivity index (χ1v) is 7.44. The molecule has 22 heavy (non-hydrogen) atoms. The molecule has 0 fully saturated rings. The second-order valence-corrected chi connectivity index (χ2v) is 5.80. The summed E-state index contributed by atoms with van der Waals surface area (Å²) in [6, 6.07) is 20.5. The Morgan fingerprint density at radius 1 is 0.818 bits per heavy atom. The van der Waals surface area contributed by atoms with Crippen LogP contribution in [0.25, 0.3) is 21.5 Å². The summed E-state index contributed by atoms with van der Waals surface area (Å²) in [5.74, 6) is 0.373. The van der Waals surface area contributed by atoms with Crippen LogP contribution in [0.1, 0.15) is 11.1 Å². The van der Waals surface area contributed by atoms with Gasteiger partial charge in [-0.3, -0.25) is 0 Å². The Balaban J connectivity index is 2.07. The largest absolute Gasteiger partial charge is 0.507 e. The molecule has 5 rings (SSSR count). The summed E-state index contributed by atoms with van der Waals surface area (Å²) in [5, 5.41) is 16.0. The van der Waals surface area contributed by atoms with Crippen molar-refractivity contribution in [3.63, 3.8) is 0 Å².